The van der Waals surface area contributed by atoms with E-state index in [0.717, 1.165) is 30.8 Å². The molecule has 0 aliphatic carbocycles. The van der Waals surface area contributed by atoms with Crippen LogP contribution in [-0.2, 0) is 10.0 Å². The van der Waals surface area contributed by atoms with Crippen LogP contribution in [0.1, 0.15) is 32.6 Å². The van der Waals surface area contributed by atoms with Crippen molar-refractivity contribution in [1.82, 2.24) is 14.5 Å². The largest absolute Gasteiger partial charge is 0.491 e. The van der Waals surface area contributed by atoms with Crippen LogP contribution in [0.15, 0.2) is 35.2 Å². The lowest BCUT2D eigenvalue weighted by atomic mass is 10.2. The predicted molar refractivity (Wildman–Crippen MR) is 121 cm³/mol. The number of aromatic nitrogens is 2. The van der Waals surface area contributed by atoms with E-state index in [9.17, 15) is 12.8 Å². The van der Waals surface area contributed by atoms with Gasteiger partial charge in [-0.15, -0.1) is 10.2 Å². The summed E-state index contributed by atoms with van der Waals surface area (Å²) in [5.74, 6) is 1.02. The second-order valence-electron chi connectivity index (χ2n) is 8.07. The summed E-state index contributed by atoms with van der Waals surface area (Å²) < 4.78 is 46.7. The van der Waals surface area contributed by atoms with Gasteiger partial charge < -0.3 is 14.5 Å². The van der Waals surface area contributed by atoms with Crippen LogP contribution < -0.4 is 14.5 Å². The van der Waals surface area contributed by atoms with Crippen molar-refractivity contribution in [3.05, 3.63) is 36.1 Å². The van der Waals surface area contributed by atoms with Gasteiger partial charge in [0, 0.05) is 39.3 Å². The average Bonchev–Trinajstić information content (AvgIpc) is 3.10. The van der Waals surface area contributed by atoms with E-state index in [4.69, 9.17) is 4.74 Å². The van der Waals surface area contributed by atoms with E-state index in [2.05, 4.69) is 15.1 Å². The Morgan fingerprint density at radius 1 is 0.875 bits per heavy atom. The third-order valence-corrected chi connectivity index (χ3v) is 7.86. The number of hydrogen-bond acceptors (Lipinski definition) is 7. The van der Waals surface area contributed by atoms with Gasteiger partial charge in [0.25, 0.3) is 0 Å². The van der Waals surface area contributed by atoms with Gasteiger partial charge >= 0.3 is 0 Å². The van der Waals surface area contributed by atoms with Gasteiger partial charge in [-0.05, 0) is 50.1 Å². The van der Waals surface area contributed by atoms with Gasteiger partial charge in [-0.2, -0.15) is 4.31 Å². The van der Waals surface area contributed by atoms with Crippen molar-refractivity contribution in [2.45, 2.75) is 37.5 Å². The van der Waals surface area contributed by atoms with Crippen molar-refractivity contribution in [2.24, 2.45) is 0 Å². The fraction of sp³-hybridized carbons (Fsp3) is 0.545. The number of anilines is 2. The van der Waals surface area contributed by atoms with E-state index in [0.29, 0.717) is 32.8 Å². The standard InChI is InChI=1S/C22H30FN5O3S/c1-2-31-20-8-7-18(17-19(20)23)32(29,30)28-15-13-27(14-16-28)22-10-9-21(24-25-22)26-11-5-3-4-6-12-26/h7-10,17H,2-6,11-16H2,1H3. The van der Waals surface area contributed by atoms with Crippen molar-refractivity contribution in [1.29, 1.82) is 0 Å². The quantitative estimate of drug-likeness (QED) is 0.652. The summed E-state index contributed by atoms with van der Waals surface area (Å²) in [6, 6.07) is 7.74. The molecule has 0 N–H and O–H groups in total. The smallest absolute Gasteiger partial charge is 0.243 e. The molecule has 0 bridgehead atoms. The topological polar surface area (TPSA) is 78.9 Å². The number of nitrogens with zero attached hydrogens (tertiary/aromatic N) is 5. The highest BCUT2D eigenvalue weighted by molar-refractivity contribution is 7.89. The summed E-state index contributed by atoms with van der Waals surface area (Å²) in [6.07, 6.45) is 4.88. The average molecular weight is 464 g/mol. The zero-order chi connectivity index (χ0) is 22.6. The van der Waals surface area contributed by atoms with Crippen LogP contribution >= 0.6 is 0 Å². The van der Waals surface area contributed by atoms with Gasteiger partial charge in [0.1, 0.15) is 0 Å². The summed E-state index contributed by atoms with van der Waals surface area (Å²) in [6.45, 7) is 5.67. The molecule has 2 fully saturated rings. The third kappa shape index (κ3) is 4.96. The molecule has 2 aromatic rings. The Labute approximate surface area is 189 Å². The molecule has 32 heavy (non-hydrogen) atoms. The highest BCUT2D eigenvalue weighted by Gasteiger charge is 2.30. The Morgan fingerprint density at radius 2 is 1.47 bits per heavy atom. The summed E-state index contributed by atoms with van der Waals surface area (Å²) in [7, 11) is -3.78. The molecule has 0 amide bonds. The fourth-order valence-corrected chi connectivity index (χ4v) is 5.61. The van der Waals surface area contributed by atoms with Crippen LogP contribution in [0.2, 0.25) is 0 Å². The number of benzene rings is 1. The van der Waals surface area contributed by atoms with Gasteiger partial charge in [0.2, 0.25) is 10.0 Å². The lowest BCUT2D eigenvalue weighted by Gasteiger charge is -2.34. The number of rotatable bonds is 6. The van der Waals surface area contributed by atoms with Crippen LogP contribution in [0.25, 0.3) is 0 Å². The van der Waals surface area contributed by atoms with Gasteiger partial charge in [-0.1, -0.05) is 12.8 Å². The van der Waals surface area contributed by atoms with Gasteiger partial charge in [-0.3, -0.25) is 0 Å². The molecule has 1 aromatic carbocycles. The first-order chi connectivity index (χ1) is 15.5. The second kappa shape index (κ2) is 9.99. The Kier molecular flexibility index (Phi) is 7.10. The number of sulfonamides is 1. The maximum absolute atomic E-state index is 14.2. The van der Waals surface area contributed by atoms with Crippen LogP contribution in [0, 0.1) is 5.82 Å². The molecule has 2 aliphatic heterocycles. The second-order valence-corrected chi connectivity index (χ2v) is 10.0. The molecule has 8 nitrogen and oxygen atoms in total. The zero-order valence-electron chi connectivity index (χ0n) is 18.4. The number of halogens is 1. The van der Waals surface area contributed by atoms with E-state index in [-0.39, 0.29) is 10.6 Å². The van der Waals surface area contributed by atoms with Crippen LogP contribution in [-0.4, -0.2) is 68.8 Å². The van der Waals surface area contributed by atoms with E-state index in [1.807, 2.05) is 17.0 Å². The third-order valence-electron chi connectivity index (χ3n) is 5.97. The monoisotopic (exact) mass is 463 g/mol. The van der Waals surface area contributed by atoms with E-state index in [1.54, 1.807) is 6.92 Å². The maximum atomic E-state index is 14.2. The Hall–Kier alpha value is -2.46. The molecule has 4 rings (SSSR count). The minimum atomic E-state index is -3.78. The normalized spacial score (nSPS) is 18.4. The zero-order valence-corrected chi connectivity index (χ0v) is 19.2. The number of hydrogen-bond donors (Lipinski definition) is 0. The first-order valence-electron chi connectivity index (χ1n) is 11.2. The molecule has 0 saturated carbocycles. The van der Waals surface area contributed by atoms with Crippen LogP contribution in [0.3, 0.4) is 0 Å². The van der Waals surface area contributed by atoms with E-state index >= 15 is 0 Å². The van der Waals surface area contributed by atoms with Gasteiger partial charge in [-0.25, -0.2) is 12.8 Å². The van der Waals surface area contributed by atoms with Crippen molar-refractivity contribution in [3.63, 3.8) is 0 Å². The summed E-state index contributed by atoms with van der Waals surface area (Å²) >= 11 is 0. The first kappa shape index (κ1) is 22.7. The van der Waals surface area contributed by atoms with Crippen LogP contribution in [0.5, 0.6) is 5.75 Å². The summed E-state index contributed by atoms with van der Waals surface area (Å²) in [4.78, 5) is 4.25. The number of piperazine rings is 1. The first-order valence-corrected chi connectivity index (χ1v) is 12.7. The lowest BCUT2D eigenvalue weighted by Crippen LogP contribution is -2.49. The number of ether oxygens (including phenoxy) is 1. The summed E-state index contributed by atoms with van der Waals surface area (Å²) in [5.41, 5.74) is 0. The molecule has 1 aromatic heterocycles. The summed E-state index contributed by atoms with van der Waals surface area (Å²) in [5, 5.41) is 8.81. The molecule has 0 spiro atoms. The highest BCUT2D eigenvalue weighted by atomic mass is 32.2. The molecular weight excluding hydrogens is 433 g/mol. The molecule has 3 heterocycles. The molecule has 2 aliphatic rings. The fourth-order valence-electron chi connectivity index (χ4n) is 4.18. The van der Waals surface area contributed by atoms with E-state index in [1.165, 1.54) is 42.1 Å². The molecule has 10 heteroatoms. The Balaban J connectivity index is 1.38. The predicted octanol–water partition coefficient (Wildman–Crippen LogP) is 2.91. The van der Waals surface area contributed by atoms with Crippen molar-refractivity contribution in [3.8, 4) is 5.75 Å². The lowest BCUT2D eigenvalue weighted by molar-refractivity contribution is 0.321. The van der Waals surface area contributed by atoms with E-state index < -0.39 is 15.8 Å². The van der Waals surface area contributed by atoms with Gasteiger partial charge in [0.05, 0.1) is 11.5 Å². The molecule has 2 saturated heterocycles. The Bertz CT molecular complexity index is 1000. The molecule has 0 radical (unpaired) electrons. The molecule has 0 atom stereocenters. The molecule has 174 valence electrons. The molecule has 0 unspecified atom stereocenters. The minimum Gasteiger partial charge on any atom is -0.491 e. The SMILES string of the molecule is CCOc1ccc(S(=O)(=O)N2CCN(c3ccc(N4CCCCCC4)nn3)CC2)cc1F. The van der Waals surface area contributed by atoms with Crippen molar-refractivity contribution >= 4 is 21.7 Å². The van der Waals surface area contributed by atoms with Gasteiger partial charge in [0.15, 0.2) is 23.2 Å². The molecular formula is C22H30FN5O3S. The van der Waals surface area contributed by atoms with Crippen LogP contribution in [0.4, 0.5) is 16.0 Å². The highest BCUT2D eigenvalue weighted by Crippen LogP contribution is 2.25. The van der Waals surface area contributed by atoms with Crippen molar-refractivity contribution < 1.29 is 17.5 Å². The Morgan fingerprint density at radius 3 is 2.00 bits per heavy atom. The minimum absolute atomic E-state index is 0.0541. The maximum Gasteiger partial charge on any atom is 0.243 e. The van der Waals surface area contributed by atoms with Crippen molar-refractivity contribution in [2.75, 3.05) is 55.7 Å².